The Morgan fingerprint density at radius 2 is 2.26 bits per heavy atom. The zero-order chi connectivity index (χ0) is 13.2. The normalized spacial score (nSPS) is 21.6. The minimum Gasteiger partial charge on any atom is -0.309 e. The highest BCUT2D eigenvalue weighted by atomic mass is 32.2. The van der Waals surface area contributed by atoms with Crippen LogP contribution in [0.1, 0.15) is 24.1 Å². The number of benzene rings is 1. The van der Waals surface area contributed by atoms with Crippen molar-refractivity contribution < 1.29 is 0 Å². The van der Waals surface area contributed by atoms with Gasteiger partial charge < -0.3 is 5.32 Å². The molecule has 0 aliphatic heterocycles. The fraction of sp³-hybridized carbons (Fsp3) is 0.400. The highest BCUT2D eigenvalue weighted by Gasteiger charge is 2.32. The Morgan fingerprint density at radius 1 is 1.42 bits per heavy atom. The van der Waals surface area contributed by atoms with Crippen LogP contribution in [0.2, 0.25) is 0 Å². The van der Waals surface area contributed by atoms with Crippen LogP contribution in [-0.4, -0.2) is 21.6 Å². The van der Waals surface area contributed by atoms with Crippen molar-refractivity contribution in [1.29, 1.82) is 0 Å². The molecule has 0 spiro atoms. The summed E-state index contributed by atoms with van der Waals surface area (Å²) in [5.74, 6) is 0. The van der Waals surface area contributed by atoms with Crippen molar-refractivity contribution in [3.8, 4) is 0 Å². The van der Waals surface area contributed by atoms with E-state index in [9.17, 15) is 0 Å². The molecular formula is C15H19N3S. The molecule has 1 aromatic carbocycles. The standard InChI is InChI=1S/C15H19N3S/c1-3-16-15-13-7-5-4-6-11(13)8-14(15)19-12-9-17-18(2)10-12/h4-7,9-10,14-16H,3,8H2,1-2H3. The number of nitrogens with one attached hydrogen (secondary N) is 1. The van der Waals surface area contributed by atoms with Gasteiger partial charge in [-0.3, -0.25) is 4.68 Å². The molecule has 100 valence electrons. The lowest BCUT2D eigenvalue weighted by molar-refractivity contribution is 0.560. The first kappa shape index (κ1) is 12.8. The third-order valence-corrected chi connectivity index (χ3v) is 4.80. The van der Waals surface area contributed by atoms with E-state index in [1.54, 1.807) is 0 Å². The van der Waals surface area contributed by atoms with Gasteiger partial charge in [0.25, 0.3) is 0 Å². The Hall–Kier alpha value is -1.26. The van der Waals surface area contributed by atoms with E-state index in [1.165, 1.54) is 16.0 Å². The predicted molar refractivity (Wildman–Crippen MR) is 79.4 cm³/mol. The van der Waals surface area contributed by atoms with Crippen LogP contribution in [-0.2, 0) is 13.5 Å². The summed E-state index contributed by atoms with van der Waals surface area (Å²) in [4.78, 5) is 1.25. The molecule has 4 heteroatoms. The van der Waals surface area contributed by atoms with Crippen molar-refractivity contribution in [2.75, 3.05) is 6.54 Å². The summed E-state index contributed by atoms with van der Waals surface area (Å²) in [6, 6.07) is 9.24. The SMILES string of the molecule is CCNC1c2ccccc2CC1Sc1cnn(C)c1. The summed E-state index contributed by atoms with van der Waals surface area (Å²) in [6.45, 7) is 3.18. The lowest BCUT2D eigenvalue weighted by Crippen LogP contribution is -2.26. The highest BCUT2D eigenvalue weighted by molar-refractivity contribution is 8.00. The quantitative estimate of drug-likeness (QED) is 0.929. The van der Waals surface area contributed by atoms with Crippen LogP contribution in [0, 0.1) is 0 Å². The minimum atomic E-state index is 0.450. The van der Waals surface area contributed by atoms with Gasteiger partial charge in [-0.2, -0.15) is 5.10 Å². The van der Waals surface area contributed by atoms with Gasteiger partial charge in [0.1, 0.15) is 0 Å². The van der Waals surface area contributed by atoms with E-state index in [4.69, 9.17) is 0 Å². The Morgan fingerprint density at radius 3 is 3.00 bits per heavy atom. The lowest BCUT2D eigenvalue weighted by Gasteiger charge is -2.20. The second-order valence-corrected chi connectivity index (χ2v) is 6.26. The summed E-state index contributed by atoms with van der Waals surface area (Å²) >= 11 is 1.93. The second-order valence-electron chi connectivity index (χ2n) is 4.94. The van der Waals surface area contributed by atoms with E-state index in [0.717, 1.165) is 13.0 Å². The van der Waals surface area contributed by atoms with E-state index < -0.39 is 0 Å². The van der Waals surface area contributed by atoms with Crippen LogP contribution >= 0.6 is 11.8 Å². The maximum atomic E-state index is 4.25. The zero-order valence-corrected chi connectivity index (χ0v) is 12.2. The smallest absolute Gasteiger partial charge is 0.0625 e. The van der Waals surface area contributed by atoms with Gasteiger partial charge >= 0.3 is 0 Å². The van der Waals surface area contributed by atoms with Crippen molar-refractivity contribution >= 4 is 11.8 Å². The average molecular weight is 273 g/mol. The molecule has 1 aliphatic rings. The molecule has 0 amide bonds. The van der Waals surface area contributed by atoms with Crippen LogP contribution < -0.4 is 5.32 Å². The second kappa shape index (κ2) is 5.39. The number of hydrogen-bond acceptors (Lipinski definition) is 3. The van der Waals surface area contributed by atoms with Crippen LogP contribution in [0.25, 0.3) is 0 Å². The molecule has 2 atom stereocenters. The molecule has 0 bridgehead atoms. The van der Waals surface area contributed by atoms with Crippen LogP contribution in [0.4, 0.5) is 0 Å². The summed E-state index contributed by atoms with van der Waals surface area (Å²) in [6.07, 6.45) is 5.18. The first-order valence-electron chi connectivity index (χ1n) is 6.74. The number of rotatable bonds is 4. The molecule has 3 nitrogen and oxygen atoms in total. The van der Waals surface area contributed by atoms with Gasteiger partial charge in [0, 0.05) is 29.4 Å². The maximum absolute atomic E-state index is 4.25. The number of aromatic nitrogens is 2. The molecule has 2 unspecified atom stereocenters. The molecule has 1 aliphatic carbocycles. The van der Waals surface area contributed by atoms with E-state index in [-0.39, 0.29) is 0 Å². The molecule has 1 N–H and O–H groups in total. The number of nitrogens with zero attached hydrogens (tertiary/aromatic N) is 2. The van der Waals surface area contributed by atoms with Gasteiger partial charge in [0.2, 0.25) is 0 Å². The third-order valence-electron chi connectivity index (χ3n) is 3.58. The Kier molecular flexibility index (Phi) is 3.62. The Bertz CT molecular complexity index is 564. The van der Waals surface area contributed by atoms with E-state index >= 15 is 0 Å². The van der Waals surface area contributed by atoms with Crippen molar-refractivity contribution in [3.05, 3.63) is 47.8 Å². The molecule has 19 heavy (non-hydrogen) atoms. The van der Waals surface area contributed by atoms with Crippen molar-refractivity contribution in [2.24, 2.45) is 7.05 Å². The lowest BCUT2D eigenvalue weighted by atomic mass is 10.1. The Balaban J connectivity index is 1.82. The first-order chi connectivity index (χ1) is 9.28. The molecule has 0 radical (unpaired) electrons. The maximum Gasteiger partial charge on any atom is 0.0625 e. The topological polar surface area (TPSA) is 29.9 Å². The number of aryl methyl sites for hydroxylation is 1. The summed E-state index contributed by atoms with van der Waals surface area (Å²) < 4.78 is 1.87. The van der Waals surface area contributed by atoms with E-state index in [2.05, 4.69) is 47.8 Å². The van der Waals surface area contributed by atoms with E-state index in [1.807, 2.05) is 29.7 Å². The van der Waals surface area contributed by atoms with Crippen LogP contribution in [0.3, 0.4) is 0 Å². The van der Waals surface area contributed by atoms with Crippen molar-refractivity contribution in [1.82, 2.24) is 15.1 Å². The van der Waals surface area contributed by atoms with Gasteiger partial charge in [0.15, 0.2) is 0 Å². The largest absolute Gasteiger partial charge is 0.309 e. The summed E-state index contributed by atoms with van der Waals surface area (Å²) in [5.41, 5.74) is 2.94. The molecule has 0 fully saturated rings. The number of thioether (sulfide) groups is 1. The van der Waals surface area contributed by atoms with Crippen LogP contribution in [0.5, 0.6) is 0 Å². The van der Waals surface area contributed by atoms with Gasteiger partial charge in [-0.15, -0.1) is 11.8 Å². The Labute approximate surface area is 118 Å². The molecule has 0 saturated carbocycles. The third kappa shape index (κ3) is 2.55. The zero-order valence-electron chi connectivity index (χ0n) is 11.3. The number of hydrogen-bond donors (Lipinski definition) is 1. The molecule has 2 aromatic rings. The predicted octanol–water partition coefficient (Wildman–Crippen LogP) is 2.79. The van der Waals surface area contributed by atoms with Gasteiger partial charge in [-0.25, -0.2) is 0 Å². The monoisotopic (exact) mass is 273 g/mol. The summed E-state index contributed by atoms with van der Waals surface area (Å²) in [7, 11) is 1.97. The van der Waals surface area contributed by atoms with E-state index in [0.29, 0.717) is 11.3 Å². The van der Waals surface area contributed by atoms with Crippen molar-refractivity contribution in [2.45, 2.75) is 29.5 Å². The fourth-order valence-corrected chi connectivity index (χ4v) is 4.08. The van der Waals surface area contributed by atoms with Gasteiger partial charge in [-0.05, 0) is 24.1 Å². The van der Waals surface area contributed by atoms with Crippen molar-refractivity contribution in [3.63, 3.8) is 0 Å². The molecular weight excluding hydrogens is 254 g/mol. The molecule has 0 saturated heterocycles. The van der Waals surface area contributed by atoms with Crippen LogP contribution in [0.15, 0.2) is 41.6 Å². The minimum absolute atomic E-state index is 0.450. The molecule has 1 heterocycles. The molecule has 1 aromatic heterocycles. The molecule has 3 rings (SSSR count). The first-order valence-corrected chi connectivity index (χ1v) is 7.62. The fourth-order valence-electron chi connectivity index (χ4n) is 2.76. The highest BCUT2D eigenvalue weighted by Crippen LogP contribution is 2.41. The average Bonchev–Trinajstić information content (AvgIpc) is 2.96. The summed E-state index contributed by atoms with van der Waals surface area (Å²) in [5, 5.41) is 8.44. The van der Waals surface area contributed by atoms with Gasteiger partial charge in [0.05, 0.1) is 6.20 Å². The number of fused-ring (bicyclic) bond motifs is 1. The van der Waals surface area contributed by atoms with Gasteiger partial charge in [-0.1, -0.05) is 31.2 Å².